The highest BCUT2D eigenvalue weighted by Crippen LogP contribution is 2.67. The molecule has 0 spiro atoms. The zero-order valence-electron chi connectivity index (χ0n) is 38.2. The molecule has 8 rings (SSSR count). The van der Waals surface area contributed by atoms with Crippen LogP contribution in [0.1, 0.15) is 129 Å². The van der Waals surface area contributed by atoms with Gasteiger partial charge in [0.05, 0.1) is 29.3 Å². The third kappa shape index (κ3) is 6.79. The summed E-state index contributed by atoms with van der Waals surface area (Å²) in [7, 11) is 2.92. The Kier molecular flexibility index (Phi) is 11.6. The van der Waals surface area contributed by atoms with Crippen LogP contribution in [0.25, 0.3) is 5.76 Å². The van der Waals surface area contributed by atoms with E-state index in [1.54, 1.807) is 13.0 Å². The highest BCUT2D eigenvalue weighted by molar-refractivity contribution is 6.24. The summed E-state index contributed by atoms with van der Waals surface area (Å²) in [6, 6.07) is 1.57. The standard InChI is InChI=1S/C50H69N3O10/c1-23(2)10-9-11-24(3)30-15-16-31-29-13-12-26-22-27(18-20-48(26,5)32(29)19-21-49(30,31)6)63-47(61)52-33-17-14-28-25(4)34-36(41(55)35(28)40(33)54)44(58)50(62)38(42(34)56)39(53(7)8)43(57)37(45(50)59)46(51)60/h12,14,17,23-25,27,29-32,34,38-39,42,54-56,59,62H,9-11,13,15-16,18-22H2,1-8H3,(H2,51,60)(H,52,61)/t24-,25-,27?,29?,30+,31?,32?,34+,38+,39-,42-,48-,49+,50-/m0/s1. The number of aromatic hydroxyl groups is 1. The molecule has 4 unspecified atom stereocenters. The average Bonchev–Trinajstić information content (AvgIpc) is 3.57. The molecular formula is C50H69N3O10. The number of carbonyl (C=O) groups is 4. The lowest BCUT2D eigenvalue weighted by Gasteiger charge is -2.58. The molecule has 4 fully saturated rings. The number of hydrogen-bond acceptors (Lipinski definition) is 11. The number of phenols is 1. The number of nitrogens with zero attached hydrogens (tertiary/aromatic N) is 1. The van der Waals surface area contributed by atoms with Crippen LogP contribution in [0.5, 0.6) is 5.75 Å². The van der Waals surface area contributed by atoms with Gasteiger partial charge in [0.2, 0.25) is 5.78 Å². The number of hydrogen-bond donors (Lipinski definition) is 7. The van der Waals surface area contributed by atoms with Crippen molar-refractivity contribution in [2.45, 2.75) is 142 Å². The van der Waals surface area contributed by atoms with Gasteiger partial charge in [-0.1, -0.05) is 78.5 Å². The van der Waals surface area contributed by atoms with Gasteiger partial charge in [-0.3, -0.25) is 24.6 Å². The summed E-state index contributed by atoms with van der Waals surface area (Å²) in [5.41, 5.74) is 2.78. The first-order valence-corrected chi connectivity index (χ1v) is 23.4. The van der Waals surface area contributed by atoms with E-state index in [-0.39, 0.29) is 22.8 Å². The molecular weight excluding hydrogens is 803 g/mol. The van der Waals surface area contributed by atoms with Crippen molar-refractivity contribution in [3.05, 3.63) is 51.8 Å². The van der Waals surface area contributed by atoms with Gasteiger partial charge >= 0.3 is 6.09 Å². The molecule has 7 aliphatic carbocycles. The maximum absolute atomic E-state index is 14.4. The minimum absolute atomic E-state index is 0.0592. The molecule has 0 heterocycles. The highest BCUT2D eigenvalue weighted by atomic mass is 16.6. The van der Waals surface area contributed by atoms with E-state index >= 15 is 0 Å². The van der Waals surface area contributed by atoms with Gasteiger partial charge in [-0.25, -0.2) is 4.79 Å². The number of aliphatic hydroxyl groups excluding tert-OH is 3. The molecule has 4 saturated carbocycles. The Hall–Kier alpha value is -4.20. The minimum atomic E-state index is -3.02. The SMILES string of the molecule is CC(C)CCC[C@H](C)[C@H]1CCC2C3CC=C4CC(OC(=O)Nc5ccc6c(c5O)C(O)=C5C(=O)[C@]7(O)C(O)=C(C(N)=O)C(=O)[C@@H](N(C)C)[C@@H]7[C@@H](O)[C@@H]5[C@H]6C)CC[C@]4(C)C3CC[C@@]21C. The van der Waals surface area contributed by atoms with Gasteiger partial charge in [0.1, 0.15) is 28.9 Å². The average molecular weight is 872 g/mol. The molecule has 0 aliphatic heterocycles. The van der Waals surface area contributed by atoms with E-state index in [0.717, 1.165) is 36.5 Å². The number of likely N-dealkylation sites (N-methyl/N-ethyl adjacent to an activating group) is 1. The second kappa shape index (κ2) is 16.0. The van der Waals surface area contributed by atoms with Gasteiger partial charge in [-0.2, -0.15) is 0 Å². The number of primary amides is 1. The number of fused-ring (bicyclic) bond motifs is 8. The van der Waals surface area contributed by atoms with Crippen molar-refractivity contribution in [2.24, 2.45) is 63.9 Å². The molecule has 0 aromatic heterocycles. The van der Waals surface area contributed by atoms with Crippen LogP contribution in [-0.2, 0) is 19.1 Å². The van der Waals surface area contributed by atoms with E-state index in [1.165, 1.54) is 75.6 Å². The first-order valence-electron chi connectivity index (χ1n) is 23.4. The number of amides is 2. The molecule has 0 radical (unpaired) electrons. The normalized spacial score (nSPS) is 38.8. The molecule has 63 heavy (non-hydrogen) atoms. The Bertz CT molecular complexity index is 2190. The predicted octanol–water partition coefficient (Wildman–Crippen LogP) is 7.45. The number of allylic oxidation sites excluding steroid dienone is 1. The monoisotopic (exact) mass is 871 g/mol. The fraction of sp³-hybridized carbons (Fsp3) is 0.680. The minimum Gasteiger partial charge on any atom is -0.508 e. The van der Waals surface area contributed by atoms with Crippen molar-refractivity contribution in [3.63, 3.8) is 0 Å². The second-order valence-electron chi connectivity index (χ2n) is 21.7. The Morgan fingerprint density at radius 3 is 2.38 bits per heavy atom. The first-order chi connectivity index (χ1) is 29.6. The molecule has 0 saturated heterocycles. The zero-order chi connectivity index (χ0) is 45.8. The summed E-state index contributed by atoms with van der Waals surface area (Å²) in [6.07, 6.45) is 12.1. The molecule has 2 amide bonds. The molecule has 7 aliphatic rings. The Morgan fingerprint density at radius 1 is 1.00 bits per heavy atom. The summed E-state index contributed by atoms with van der Waals surface area (Å²) >= 11 is 0. The largest absolute Gasteiger partial charge is 0.508 e. The summed E-state index contributed by atoms with van der Waals surface area (Å²) < 4.78 is 6.01. The lowest BCUT2D eigenvalue weighted by Crippen LogP contribution is -2.70. The number of aliphatic hydroxyl groups is 4. The number of carbonyl (C=O) groups excluding carboxylic acids is 4. The third-order valence-electron chi connectivity index (χ3n) is 17.9. The number of nitrogens with one attached hydrogen (secondary N) is 1. The van der Waals surface area contributed by atoms with E-state index < -0.39 is 87.5 Å². The molecule has 1 aromatic carbocycles. The number of anilines is 1. The number of ether oxygens (including phenoxy) is 1. The highest BCUT2D eigenvalue weighted by Gasteiger charge is 2.68. The number of nitrogens with two attached hydrogens (primary N) is 1. The zero-order valence-corrected chi connectivity index (χ0v) is 38.2. The smallest absolute Gasteiger partial charge is 0.412 e. The van der Waals surface area contributed by atoms with Crippen LogP contribution in [0.2, 0.25) is 0 Å². The van der Waals surface area contributed by atoms with Crippen LogP contribution < -0.4 is 11.1 Å². The molecule has 0 bridgehead atoms. The molecule has 344 valence electrons. The van der Waals surface area contributed by atoms with E-state index in [2.05, 4.69) is 46.0 Å². The molecule has 13 nitrogen and oxygen atoms in total. The number of benzene rings is 1. The summed E-state index contributed by atoms with van der Waals surface area (Å²) in [4.78, 5) is 55.1. The summed E-state index contributed by atoms with van der Waals surface area (Å²) in [5, 5.41) is 61.2. The maximum atomic E-state index is 14.4. The number of rotatable bonds is 9. The van der Waals surface area contributed by atoms with E-state index in [9.17, 15) is 44.7 Å². The van der Waals surface area contributed by atoms with Crippen molar-refractivity contribution in [3.8, 4) is 5.75 Å². The lowest BCUT2D eigenvalue weighted by atomic mass is 9.47. The Balaban J connectivity index is 0.985. The second-order valence-corrected chi connectivity index (χ2v) is 21.7. The maximum Gasteiger partial charge on any atom is 0.412 e. The van der Waals surface area contributed by atoms with E-state index in [1.807, 2.05) is 0 Å². The van der Waals surface area contributed by atoms with Crippen molar-refractivity contribution in [2.75, 3.05) is 19.4 Å². The first kappa shape index (κ1) is 45.4. The van der Waals surface area contributed by atoms with E-state index in [4.69, 9.17) is 10.5 Å². The topological polar surface area (TPSA) is 220 Å². The van der Waals surface area contributed by atoms with Crippen LogP contribution in [0.4, 0.5) is 10.5 Å². The Morgan fingerprint density at radius 2 is 1.71 bits per heavy atom. The molecule has 13 heteroatoms. The predicted molar refractivity (Wildman–Crippen MR) is 237 cm³/mol. The van der Waals surface area contributed by atoms with Crippen molar-refractivity contribution in [1.82, 2.24) is 4.90 Å². The van der Waals surface area contributed by atoms with Crippen LogP contribution in [-0.4, -0.2) is 91.9 Å². The van der Waals surface area contributed by atoms with Crippen LogP contribution in [0.3, 0.4) is 0 Å². The van der Waals surface area contributed by atoms with Gasteiger partial charge < -0.3 is 36.0 Å². The van der Waals surface area contributed by atoms with Gasteiger partial charge in [-0.15, -0.1) is 0 Å². The number of ketones is 2. The third-order valence-corrected chi connectivity index (χ3v) is 17.9. The van der Waals surface area contributed by atoms with Gasteiger partial charge in [0.15, 0.2) is 11.4 Å². The van der Waals surface area contributed by atoms with Crippen LogP contribution in [0.15, 0.2) is 40.7 Å². The van der Waals surface area contributed by atoms with Gasteiger partial charge in [-0.05, 0) is 123 Å². The Labute approximate surface area is 371 Å². The summed E-state index contributed by atoms with van der Waals surface area (Å²) in [5.74, 6) is -5.55. The quantitative estimate of drug-likeness (QED) is 0.0734. The molecule has 1 aromatic rings. The fourth-order valence-electron chi connectivity index (χ4n) is 14.8. The van der Waals surface area contributed by atoms with Crippen molar-refractivity contribution < 1.29 is 49.4 Å². The van der Waals surface area contributed by atoms with Crippen LogP contribution in [0, 0.1) is 58.2 Å². The van der Waals surface area contributed by atoms with Gasteiger partial charge in [0, 0.05) is 17.9 Å². The van der Waals surface area contributed by atoms with Crippen molar-refractivity contribution >= 4 is 35.0 Å². The number of phenolic OH excluding ortho intramolecular Hbond substituents is 1. The molecule has 8 N–H and O–H groups in total. The fourth-order valence-corrected chi connectivity index (χ4v) is 14.8. The number of Topliss-reactive ketones (excluding diaryl/α,β-unsaturated/α-hetero) is 2. The van der Waals surface area contributed by atoms with Crippen LogP contribution >= 0.6 is 0 Å². The van der Waals surface area contributed by atoms with E-state index in [0.29, 0.717) is 35.7 Å². The lowest BCUT2D eigenvalue weighted by molar-refractivity contribution is -0.169. The summed E-state index contributed by atoms with van der Waals surface area (Å²) in [6.45, 7) is 13.8. The van der Waals surface area contributed by atoms with Crippen molar-refractivity contribution in [1.29, 1.82) is 0 Å². The van der Waals surface area contributed by atoms with Gasteiger partial charge in [0.25, 0.3) is 5.91 Å². The molecule has 14 atom stereocenters.